The number of carbonyl (C=O) groups excluding carboxylic acids is 1. The van der Waals surface area contributed by atoms with Crippen LogP contribution in [0.15, 0.2) is 59.0 Å². The van der Waals surface area contributed by atoms with Crippen LogP contribution in [0.4, 0.5) is 5.00 Å². The Labute approximate surface area is 183 Å². The van der Waals surface area contributed by atoms with E-state index in [9.17, 15) is 10.1 Å². The predicted molar refractivity (Wildman–Crippen MR) is 121 cm³/mol. The van der Waals surface area contributed by atoms with E-state index in [1.165, 1.54) is 16.2 Å². The van der Waals surface area contributed by atoms with E-state index in [0.717, 1.165) is 47.8 Å². The van der Waals surface area contributed by atoms with E-state index in [4.69, 9.17) is 9.15 Å². The molecule has 4 aromatic rings. The molecule has 0 radical (unpaired) electrons. The summed E-state index contributed by atoms with van der Waals surface area (Å²) >= 11 is 1.50. The van der Waals surface area contributed by atoms with Crippen molar-refractivity contribution < 1.29 is 13.9 Å². The van der Waals surface area contributed by atoms with Gasteiger partial charge in [0.25, 0.3) is 5.91 Å². The lowest BCUT2D eigenvalue weighted by Gasteiger charge is -2.09. The molecule has 0 atom stereocenters. The van der Waals surface area contributed by atoms with Gasteiger partial charge in [-0.15, -0.1) is 11.3 Å². The van der Waals surface area contributed by atoms with E-state index in [-0.39, 0.29) is 18.3 Å². The number of nitriles is 1. The van der Waals surface area contributed by atoms with Crippen molar-refractivity contribution in [3.8, 4) is 11.8 Å². The van der Waals surface area contributed by atoms with Crippen molar-refractivity contribution >= 4 is 33.0 Å². The highest BCUT2D eigenvalue weighted by atomic mass is 32.1. The largest absolute Gasteiger partial charge is 0.485 e. The molecule has 154 valence electrons. The Morgan fingerprint density at radius 2 is 1.94 bits per heavy atom. The molecule has 1 N–H and O–H groups in total. The number of nitrogens with one attached hydrogen (secondary N) is 1. The molecule has 0 fully saturated rings. The zero-order valence-corrected chi connectivity index (χ0v) is 17.6. The summed E-state index contributed by atoms with van der Waals surface area (Å²) in [6.07, 6.45) is 4.09. The van der Waals surface area contributed by atoms with E-state index in [0.29, 0.717) is 16.3 Å². The van der Waals surface area contributed by atoms with Gasteiger partial charge < -0.3 is 14.5 Å². The fourth-order valence-corrected chi connectivity index (χ4v) is 5.22. The standard InChI is InChI=1S/C25H20N2O3S/c26-14-20-19-9-3-4-11-23(19)31-25(20)27-24(28)22-13-12-17(30-22)15-29-21-10-5-7-16-6-1-2-8-18(16)21/h1-2,5-8,10,12-13H,3-4,9,11,15H2,(H,27,28). The van der Waals surface area contributed by atoms with Crippen LogP contribution >= 0.6 is 11.3 Å². The summed E-state index contributed by atoms with van der Waals surface area (Å²) in [6, 6.07) is 19.6. The van der Waals surface area contributed by atoms with E-state index in [1.807, 2.05) is 42.5 Å². The van der Waals surface area contributed by atoms with Crippen LogP contribution in [-0.4, -0.2) is 5.91 Å². The molecule has 0 unspecified atom stereocenters. The monoisotopic (exact) mass is 428 g/mol. The number of fused-ring (bicyclic) bond motifs is 2. The fourth-order valence-electron chi connectivity index (χ4n) is 3.98. The first kappa shape index (κ1) is 19.4. The molecule has 1 aliphatic rings. The first-order valence-electron chi connectivity index (χ1n) is 10.3. The maximum Gasteiger partial charge on any atom is 0.292 e. The van der Waals surface area contributed by atoms with E-state index >= 15 is 0 Å². The van der Waals surface area contributed by atoms with Crippen molar-refractivity contribution in [3.05, 3.63) is 82.1 Å². The lowest BCUT2D eigenvalue weighted by molar-refractivity contribution is 0.0993. The van der Waals surface area contributed by atoms with Gasteiger partial charge in [0, 0.05) is 10.3 Å². The summed E-state index contributed by atoms with van der Waals surface area (Å²) in [4.78, 5) is 13.9. The molecule has 0 spiro atoms. The minimum atomic E-state index is -0.355. The molecule has 5 nitrogen and oxygen atoms in total. The van der Waals surface area contributed by atoms with Crippen LogP contribution in [0.25, 0.3) is 10.8 Å². The predicted octanol–water partition coefficient (Wildman–Crippen LogP) is 6.08. The zero-order valence-electron chi connectivity index (χ0n) is 16.8. The van der Waals surface area contributed by atoms with Gasteiger partial charge in [-0.05, 0) is 54.8 Å². The maximum absolute atomic E-state index is 12.7. The maximum atomic E-state index is 12.7. The molecule has 6 heteroatoms. The summed E-state index contributed by atoms with van der Waals surface area (Å²) in [6.45, 7) is 0.220. The third kappa shape index (κ3) is 3.80. The summed E-state index contributed by atoms with van der Waals surface area (Å²) in [5.74, 6) is 1.17. The Kier molecular flexibility index (Phi) is 5.19. The molecule has 0 aliphatic heterocycles. The van der Waals surface area contributed by atoms with Gasteiger partial charge in [-0.25, -0.2) is 0 Å². The zero-order chi connectivity index (χ0) is 21.2. The van der Waals surface area contributed by atoms with Crippen LogP contribution in [-0.2, 0) is 19.4 Å². The fraction of sp³-hybridized carbons (Fsp3) is 0.200. The van der Waals surface area contributed by atoms with Crippen molar-refractivity contribution in [1.29, 1.82) is 5.26 Å². The molecule has 31 heavy (non-hydrogen) atoms. The van der Waals surface area contributed by atoms with Crippen molar-refractivity contribution in [3.63, 3.8) is 0 Å². The molecule has 2 heterocycles. The van der Waals surface area contributed by atoms with Crippen LogP contribution in [0.5, 0.6) is 5.75 Å². The molecule has 1 aliphatic carbocycles. The third-order valence-corrected chi connectivity index (χ3v) is 6.72. The number of hydrogen-bond acceptors (Lipinski definition) is 5. The van der Waals surface area contributed by atoms with Gasteiger partial charge >= 0.3 is 0 Å². The Hall–Kier alpha value is -3.56. The van der Waals surface area contributed by atoms with Gasteiger partial charge in [0.05, 0.1) is 5.56 Å². The molecule has 2 aromatic carbocycles. The van der Waals surface area contributed by atoms with Crippen LogP contribution in [0.3, 0.4) is 0 Å². The van der Waals surface area contributed by atoms with Gasteiger partial charge in [0.1, 0.15) is 29.2 Å². The first-order chi connectivity index (χ1) is 15.2. The second-order valence-electron chi connectivity index (χ2n) is 7.51. The summed E-state index contributed by atoms with van der Waals surface area (Å²) in [7, 11) is 0. The number of carbonyl (C=O) groups is 1. The molecule has 0 saturated carbocycles. The van der Waals surface area contributed by atoms with Crippen LogP contribution < -0.4 is 10.1 Å². The number of hydrogen-bond donors (Lipinski definition) is 1. The molecule has 1 amide bonds. The van der Waals surface area contributed by atoms with E-state index < -0.39 is 0 Å². The Morgan fingerprint density at radius 1 is 1.10 bits per heavy atom. The number of ether oxygens (including phenoxy) is 1. The highest BCUT2D eigenvalue weighted by Gasteiger charge is 2.23. The van der Waals surface area contributed by atoms with Crippen LogP contribution in [0.1, 0.15) is 45.2 Å². The van der Waals surface area contributed by atoms with Gasteiger partial charge in [0.2, 0.25) is 0 Å². The van der Waals surface area contributed by atoms with Gasteiger partial charge in [-0.1, -0.05) is 36.4 Å². The number of amides is 1. The Balaban J connectivity index is 1.29. The molecule has 2 aromatic heterocycles. The highest BCUT2D eigenvalue weighted by Crippen LogP contribution is 2.37. The number of furan rings is 1. The van der Waals surface area contributed by atoms with Crippen molar-refractivity contribution in [2.24, 2.45) is 0 Å². The van der Waals surface area contributed by atoms with Crippen molar-refractivity contribution in [2.45, 2.75) is 32.3 Å². The minimum Gasteiger partial charge on any atom is -0.485 e. The number of rotatable bonds is 5. The first-order valence-corrected chi connectivity index (χ1v) is 11.1. The van der Waals surface area contributed by atoms with Gasteiger partial charge in [0.15, 0.2) is 5.76 Å². The van der Waals surface area contributed by atoms with Gasteiger partial charge in [-0.3, -0.25) is 4.79 Å². The SMILES string of the molecule is N#Cc1c(NC(=O)c2ccc(COc3cccc4ccccc34)o2)sc2c1CCCC2. The summed E-state index contributed by atoms with van der Waals surface area (Å²) < 4.78 is 11.7. The van der Waals surface area contributed by atoms with Crippen LogP contribution in [0.2, 0.25) is 0 Å². The number of anilines is 1. The van der Waals surface area contributed by atoms with Crippen LogP contribution in [0, 0.1) is 11.3 Å². The minimum absolute atomic E-state index is 0.201. The molecular weight excluding hydrogens is 408 g/mol. The smallest absolute Gasteiger partial charge is 0.292 e. The second kappa shape index (κ2) is 8.29. The number of thiophene rings is 1. The normalized spacial score (nSPS) is 12.9. The summed E-state index contributed by atoms with van der Waals surface area (Å²) in [5.41, 5.74) is 1.69. The lowest BCUT2D eigenvalue weighted by atomic mass is 9.96. The van der Waals surface area contributed by atoms with Crippen molar-refractivity contribution in [1.82, 2.24) is 0 Å². The third-order valence-electron chi connectivity index (χ3n) is 5.52. The van der Waals surface area contributed by atoms with Gasteiger partial charge in [-0.2, -0.15) is 5.26 Å². The summed E-state index contributed by atoms with van der Waals surface area (Å²) in [5, 5.41) is 15.2. The number of aryl methyl sites for hydroxylation is 1. The quantitative estimate of drug-likeness (QED) is 0.418. The second-order valence-corrected chi connectivity index (χ2v) is 8.62. The lowest BCUT2D eigenvalue weighted by Crippen LogP contribution is -2.11. The molecule has 0 bridgehead atoms. The molecular formula is C25H20N2O3S. The Morgan fingerprint density at radius 3 is 2.84 bits per heavy atom. The number of benzene rings is 2. The molecule has 0 saturated heterocycles. The Bertz CT molecular complexity index is 1310. The number of nitrogens with zero attached hydrogens (tertiary/aromatic N) is 1. The average Bonchev–Trinajstić information content (AvgIpc) is 3.42. The van der Waals surface area contributed by atoms with Crippen molar-refractivity contribution in [2.75, 3.05) is 5.32 Å². The van der Waals surface area contributed by atoms with E-state index in [1.54, 1.807) is 12.1 Å². The van der Waals surface area contributed by atoms with E-state index in [2.05, 4.69) is 11.4 Å². The topological polar surface area (TPSA) is 75.3 Å². The highest BCUT2D eigenvalue weighted by molar-refractivity contribution is 7.16. The molecule has 5 rings (SSSR count). The average molecular weight is 429 g/mol.